The van der Waals surface area contributed by atoms with Crippen LogP contribution in [0.5, 0.6) is 0 Å². The number of rotatable bonds is 4. The van der Waals surface area contributed by atoms with Gasteiger partial charge >= 0.3 is 0 Å². The number of hydrogen-bond donors (Lipinski definition) is 0. The molecule has 0 aliphatic carbocycles. The van der Waals surface area contributed by atoms with Gasteiger partial charge in [-0.3, -0.25) is 4.68 Å². The highest BCUT2D eigenvalue weighted by Gasteiger charge is 2.03. The molecular weight excluding hydrogens is 256 g/mol. The fourth-order valence-electron chi connectivity index (χ4n) is 2.18. The van der Waals surface area contributed by atoms with E-state index in [4.69, 9.17) is 0 Å². The average Bonchev–Trinajstić information content (AvgIpc) is 2.98. The van der Waals surface area contributed by atoms with E-state index in [1.165, 1.54) is 16.7 Å². The summed E-state index contributed by atoms with van der Waals surface area (Å²) in [6.07, 6.45) is 6.38. The first-order valence-corrected chi connectivity index (χ1v) is 8.10. The lowest BCUT2D eigenvalue weighted by molar-refractivity contribution is 0.531. The molecule has 0 fully saturated rings. The van der Waals surface area contributed by atoms with Crippen LogP contribution in [0.2, 0.25) is 0 Å². The van der Waals surface area contributed by atoms with E-state index < -0.39 is 0 Å². The summed E-state index contributed by atoms with van der Waals surface area (Å²) in [6, 6.07) is 9.11. The third-order valence-corrected chi connectivity index (χ3v) is 3.70. The van der Waals surface area contributed by atoms with Gasteiger partial charge in [0.1, 0.15) is 0 Å². The predicted molar refractivity (Wildman–Crippen MR) is 91.9 cm³/mol. The molecule has 2 aromatic rings. The normalized spacial score (nSPS) is 10.7. The van der Waals surface area contributed by atoms with E-state index in [-0.39, 0.29) is 0 Å². The molecule has 0 unspecified atom stereocenters. The minimum absolute atomic E-state index is 0.475. The van der Waals surface area contributed by atoms with Crippen LogP contribution in [-0.4, -0.2) is 9.78 Å². The second-order valence-corrected chi connectivity index (χ2v) is 5.98. The maximum absolute atomic E-state index is 4.25. The molecule has 21 heavy (non-hydrogen) atoms. The molecular formula is C19H30N2. The number of hydrogen-bond acceptors (Lipinski definition) is 1. The smallest absolute Gasteiger partial charge is 0.0524 e. The van der Waals surface area contributed by atoms with Gasteiger partial charge in [0, 0.05) is 12.2 Å². The van der Waals surface area contributed by atoms with Crippen LogP contribution in [0.4, 0.5) is 0 Å². The lowest BCUT2D eigenvalue weighted by Gasteiger charge is -2.03. The Hall–Kier alpha value is -1.57. The zero-order chi connectivity index (χ0) is 15.8. The molecule has 116 valence electrons. The van der Waals surface area contributed by atoms with Crippen molar-refractivity contribution in [1.29, 1.82) is 0 Å². The highest BCUT2D eigenvalue weighted by Crippen LogP contribution is 2.14. The van der Waals surface area contributed by atoms with Gasteiger partial charge < -0.3 is 0 Å². The summed E-state index contributed by atoms with van der Waals surface area (Å²) in [7, 11) is 0. The van der Waals surface area contributed by atoms with Crippen LogP contribution in [0.25, 0.3) is 0 Å². The number of benzene rings is 1. The van der Waals surface area contributed by atoms with Crippen LogP contribution in [0.1, 0.15) is 70.2 Å². The van der Waals surface area contributed by atoms with E-state index in [0.29, 0.717) is 12.0 Å². The van der Waals surface area contributed by atoms with Crippen molar-refractivity contribution >= 4 is 0 Å². The summed E-state index contributed by atoms with van der Waals surface area (Å²) >= 11 is 0. The lowest BCUT2D eigenvalue weighted by atomic mass is 10.0. The highest BCUT2D eigenvalue weighted by atomic mass is 15.3. The molecule has 0 atom stereocenters. The van der Waals surface area contributed by atoms with Crippen LogP contribution >= 0.6 is 0 Å². The van der Waals surface area contributed by atoms with Gasteiger partial charge in [-0.1, -0.05) is 52.0 Å². The van der Waals surface area contributed by atoms with Crippen LogP contribution in [-0.2, 0) is 12.8 Å². The molecule has 2 nitrogen and oxygen atoms in total. The summed E-state index contributed by atoms with van der Waals surface area (Å²) in [5.41, 5.74) is 4.30. The standard InChI is InChI=1S/C10H14.C9H16N2/c1-3-9-7-5-6-8-10(9)4-2;1-7(2)9-5-10-11(6-9)8(3)4/h5-8H,3-4H2,1-2H3;5-8H,1-4H3. The molecule has 2 heteroatoms. The number of aryl methyl sites for hydroxylation is 2. The van der Waals surface area contributed by atoms with Crippen molar-refractivity contribution < 1.29 is 0 Å². The van der Waals surface area contributed by atoms with Gasteiger partial charge in [0.15, 0.2) is 0 Å². The summed E-state index contributed by atoms with van der Waals surface area (Å²) in [5, 5.41) is 4.25. The maximum atomic E-state index is 4.25. The molecule has 0 spiro atoms. The van der Waals surface area contributed by atoms with Crippen molar-refractivity contribution in [2.24, 2.45) is 0 Å². The Morgan fingerprint density at radius 3 is 1.76 bits per heavy atom. The zero-order valence-electron chi connectivity index (χ0n) is 14.4. The van der Waals surface area contributed by atoms with Crippen molar-refractivity contribution in [3.8, 4) is 0 Å². The van der Waals surface area contributed by atoms with Gasteiger partial charge in [-0.05, 0) is 49.3 Å². The van der Waals surface area contributed by atoms with E-state index in [9.17, 15) is 0 Å². The Kier molecular flexibility index (Phi) is 7.21. The third kappa shape index (κ3) is 5.37. The molecule has 0 aliphatic heterocycles. The van der Waals surface area contributed by atoms with Gasteiger partial charge in [-0.15, -0.1) is 0 Å². The van der Waals surface area contributed by atoms with Gasteiger partial charge in [-0.25, -0.2) is 0 Å². The number of nitrogens with zero attached hydrogens (tertiary/aromatic N) is 2. The molecule has 0 bridgehead atoms. The van der Waals surface area contributed by atoms with Crippen molar-refractivity contribution in [2.45, 2.75) is 66.3 Å². The van der Waals surface area contributed by atoms with E-state index in [1.807, 2.05) is 10.9 Å². The first-order valence-electron chi connectivity index (χ1n) is 8.10. The average molecular weight is 286 g/mol. The topological polar surface area (TPSA) is 17.8 Å². The summed E-state index contributed by atoms with van der Waals surface area (Å²) in [6.45, 7) is 13.0. The van der Waals surface area contributed by atoms with E-state index in [1.54, 1.807) is 0 Å². The second-order valence-electron chi connectivity index (χ2n) is 5.98. The molecule has 1 aromatic carbocycles. The molecule has 1 aromatic heterocycles. The van der Waals surface area contributed by atoms with Crippen molar-refractivity contribution in [2.75, 3.05) is 0 Å². The fourth-order valence-corrected chi connectivity index (χ4v) is 2.18. The summed E-state index contributed by atoms with van der Waals surface area (Å²) in [4.78, 5) is 0. The van der Waals surface area contributed by atoms with Crippen LogP contribution < -0.4 is 0 Å². The van der Waals surface area contributed by atoms with Crippen molar-refractivity contribution in [1.82, 2.24) is 9.78 Å². The molecule has 0 radical (unpaired) electrons. The first kappa shape index (κ1) is 17.5. The van der Waals surface area contributed by atoms with Crippen molar-refractivity contribution in [3.63, 3.8) is 0 Å². The molecule has 0 saturated carbocycles. The number of aromatic nitrogens is 2. The van der Waals surface area contributed by atoms with E-state index >= 15 is 0 Å². The second kappa shape index (κ2) is 8.66. The quantitative estimate of drug-likeness (QED) is 0.736. The van der Waals surface area contributed by atoms with E-state index in [0.717, 1.165) is 12.8 Å². The SMILES string of the molecule is CC(C)c1cnn(C(C)C)c1.CCc1ccccc1CC. The Morgan fingerprint density at radius 2 is 1.48 bits per heavy atom. The first-order chi connectivity index (χ1) is 9.99. The zero-order valence-corrected chi connectivity index (χ0v) is 14.4. The largest absolute Gasteiger partial charge is 0.270 e. The minimum atomic E-state index is 0.475. The van der Waals surface area contributed by atoms with Crippen LogP contribution in [0.15, 0.2) is 36.7 Å². The molecule has 0 amide bonds. The molecule has 2 rings (SSSR count). The summed E-state index contributed by atoms with van der Waals surface area (Å²) < 4.78 is 2.00. The fraction of sp³-hybridized carbons (Fsp3) is 0.526. The van der Waals surface area contributed by atoms with Crippen molar-refractivity contribution in [3.05, 3.63) is 53.3 Å². The third-order valence-electron chi connectivity index (χ3n) is 3.70. The monoisotopic (exact) mass is 286 g/mol. The Morgan fingerprint density at radius 1 is 0.952 bits per heavy atom. The van der Waals surface area contributed by atoms with Gasteiger partial charge in [0.05, 0.1) is 6.20 Å². The Bertz CT molecular complexity index is 478. The molecule has 0 aliphatic rings. The van der Waals surface area contributed by atoms with Crippen LogP contribution in [0, 0.1) is 0 Å². The van der Waals surface area contributed by atoms with Crippen LogP contribution in [0.3, 0.4) is 0 Å². The summed E-state index contributed by atoms with van der Waals surface area (Å²) in [5.74, 6) is 0.586. The maximum Gasteiger partial charge on any atom is 0.0524 e. The molecule has 1 heterocycles. The molecule has 0 N–H and O–H groups in total. The molecule has 0 saturated heterocycles. The predicted octanol–water partition coefficient (Wildman–Crippen LogP) is 5.40. The Labute approximate surface area is 130 Å². The van der Waals surface area contributed by atoms with E-state index in [2.05, 4.69) is 77.1 Å². The minimum Gasteiger partial charge on any atom is -0.270 e. The van der Waals surface area contributed by atoms with Gasteiger partial charge in [0.2, 0.25) is 0 Å². The Balaban J connectivity index is 0.000000211. The van der Waals surface area contributed by atoms with Gasteiger partial charge in [-0.2, -0.15) is 5.10 Å². The van der Waals surface area contributed by atoms with Gasteiger partial charge in [0.25, 0.3) is 0 Å². The lowest BCUT2D eigenvalue weighted by Crippen LogP contribution is -1.99. The highest BCUT2D eigenvalue weighted by molar-refractivity contribution is 5.26.